The topological polar surface area (TPSA) is 77.9 Å². The molecule has 1 aromatic heterocycles. The predicted octanol–water partition coefficient (Wildman–Crippen LogP) is 3.01. The lowest BCUT2D eigenvalue weighted by molar-refractivity contribution is 0.0516. The number of halogens is 1. The maximum atomic E-state index is 13.0. The first-order valence-electron chi connectivity index (χ1n) is 10.6. The van der Waals surface area contributed by atoms with E-state index in [2.05, 4.69) is 15.2 Å². The van der Waals surface area contributed by atoms with E-state index in [4.69, 9.17) is 4.74 Å². The molecule has 3 aromatic rings. The Hall–Kier alpha value is -2.75. The third-order valence-corrected chi connectivity index (χ3v) is 6.35. The predicted molar refractivity (Wildman–Crippen MR) is 123 cm³/mol. The number of benzene rings is 2. The summed E-state index contributed by atoms with van der Waals surface area (Å²) in [5.41, 5.74) is 1.76. The highest BCUT2D eigenvalue weighted by atomic mass is 32.1. The Bertz CT molecular complexity index is 1050. The Morgan fingerprint density at radius 3 is 2.72 bits per heavy atom. The molecule has 0 aliphatic carbocycles. The Balaban J connectivity index is 1.16. The van der Waals surface area contributed by atoms with Crippen LogP contribution in [0.4, 0.5) is 9.18 Å². The number of ether oxygens (including phenoxy) is 1. The van der Waals surface area contributed by atoms with Crippen LogP contribution in [0.1, 0.15) is 10.6 Å². The molecule has 4 rings (SSSR count). The molecule has 0 spiro atoms. The minimum Gasteiger partial charge on any atom is -0.491 e. The number of nitrogens with zero attached hydrogens (tertiary/aromatic N) is 3. The number of piperazine rings is 1. The van der Waals surface area contributed by atoms with Crippen LogP contribution in [-0.4, -0.2) is 71.4 Å². The Kier molecular flexibility index (Phi) is 7.19. The van der Waals surface area contributed by atoms with Crippen LogP contribution in [0.5, 0.6) is 5.75 Å². The van der Waals surface area contributed by atoms with Gasteiger partial charge >= 0.3 is 6.03 Å². The van der Waals surface area contributed by atoms with Crippen molar-refractivity contribution in [2.45, 2.75) is 19.6 Å². The van der Waals surface area contributed by atoms with Gasteiger partial charge in [-0.3, -0.25) is 4.90 Å². The van der Waals surface area contributed by atoms with Gasteiger partial charge < -0.3 is 20.1 Å². The number of amides is 2. The lowest BCUT2D eigenvalue weighted by atomic mass is 10.2. The normalized spacial score (nSPS) is 15.7. The number of carbonyl (C=O) groups excluding carboxylic acids is 1. The van der Waals surface area contributed by atoms with E-state index >= 15 is 0 Å². The van der Waals surface area contributed by atoms with Gasteiger partial charge in [0.15, 0.2) is 0 Å². The fourth-order valence-corrected chi connectivity index (χ4v) is 4.49. The minimum absolute atomic E-state index is 0.134. The number of aliphatic hydroxyl groups excluding tert-OH is 1. The van der Waals surface area contributed by atoms with Crippen molar-refractivity contribution in [2.24, 2.45) is 0 Å². The first kappa shape index (κ1) is 22.4. The maximum Gasteiger partial charge on any atom is 0.317 e. The van der Waals surface area contributed by atoms with E-state index in [1.165, 1.54) is 12.1 Å². The van der Waals surface area contributed by atoms with Crippen LogP contribution < -0.4 is 10.1 Å². The van der Waals surface area contributed by atoms with Crippen molar-refractivity contribution in [3.8, 4) is 5.75 Å². The largest absolute Gasteiger partial charge is 0.491 e. The van der Waals surface area contributed by atoms with Crippen molar-refractivity contribution in [2.75, 3.05) is 39.3 Å². The number of hydrogen-bond donors (Lipinski definition) is 2. The minimum atomic E-state index is -0.623. The van der Waals surface area contributed by atoms with E-state index in [-0.39, 0.29) is 18.5 Å². The number of aliphatic hydroxyl groups is 1. The third kappa shape index (κ3) is 5.93. The number of fused-ring (bicyclic) bond motifs is 1. The van der Waals surface area contributed by atoms with E-state index < -0.39 is 6.10 Å². The first-order valence-corrected chi connectivity index (χ1v) is 11.5. The number of urea groups is 1. The summed E-state index contributed by atoms with van der Waals surface area (Å²) in [4.78, 5) is 20.7. The van der Waals surface area contributed by atoms with Crippen molar-refractivity contribution in [1.82, 2.24) is 20.1 Å². The maximum absolute atomic E-state index is 13.0. The molecular formula is C23H27FN4O3S. The molecule has 0 saturated carbocycles. The highest BCUT2D eigenvalue weighted by Gasteiger charge is 2.22. The summed E-state index contributed by atoms with van der Waals surface area (Å²) < 4.78 is 19.8. The van der Waals surface area contributed by atoms with Gasteiger partial charge in [-0.2, -0.15) is 0 Å². The molecule has 2 heterocycles. The number of carbonyl (C=O) groups is 1. The van der Waals surface area contributed by atoms with Gasteiger partial charge in [0.1, 0.15) is 24.3 Å². The van der Waals surface area contributed by atoms with Gasteiger partial charge in [-0.1, -0.05) is 12.1 Å². The van der Waals surface area contributed by atoms with Gasteiger partial charge in [0.2, 0.25) is 0 Å². The molecule has 0 unspecified atom stereocenters. The van der Waals surface area contributed by atoms with Gasteiger partial charge in [0.25, 0.3) is 0 Å². The average Bonchev–Trinajstić information content (AvgIpc) is 3.17. The second-order valence-corrected chi connectivity index (χ2v) is 9.13. The van der Waals surface area contributed by atoms with Crippen molar-refractivity contribution >= 4 is 27.6 Å². The molecule has 2 N–H and O–H groups in total. The average molecular weight is 459 g/mol. The molecule has 9 heteroatoms. The van der Waals surface area contributed by atoms with Crippen molar-refractivity contribution in [3.05, 3.63) is 58.9 Å². The fourth-order valence-electron chi connectivity index (χ4n) is 3.68. The summed E-state index contributed by atoms with van der Waals surface area (Å²) in [6.07, 6.45) is -0.623. The van der Waals surface area contributed by atoms with Crippen LogP contribution in [-0.2, 0) is 6.54 Å². The van der Waals surface area contributed by atoms with E-state index in [0.717, 1.165) is 20.8 Å². The van der Waals surface area contributed by atoms with E-state index in [1.807, 2.05) is 25.1 Å². The van der Waals surface area contributed by atoms with Crippen LogP contribution in [0, 0.1) is 12.7 Å². The number of aryl methyl sites for hydroxylation is 1. The zero-order valence-electron chi connectivity index (χ0n) is 18.0. The van der Waals surface area contributed by atoms with Gasteiger partial charge in [0, 0.05) is 45.3 Å². The summed E-state index contributed by atoms with van der Waals surface area (Å²) in [5.74, 6) is 0.406. The molecular weight excluding hydrogens is 431 g/mol. The first-order chi connectivity index (χ1) is 15.5. The molecule has 1 fully saturated rings. The molecule has 1 aliphatic rings. The number of thiazole rings is 1. The SMILES string of the molecule is Cc1nc2cc(OC[C@H](O)CN3CCN(C(=O)NCc4ccc(F)cc4)CC3)ccc2s1. The Morgan fingerprint density at radius 2 is 1.97 bits per heavy atom. The second kappa shape index (κ2) is 10.2. The molecule has 1 saturated heterocycles. The molecule has 0 bridgehead atoms. The lowest BCUT2D eigenvalue weighted by Gasteiger charge is -2.35. The number of hydrogen-bond acceptors (Lipinski definition) is 6. The molecule has 32 heavy (non-hydrogen) atoms. The quantitative estimate of drug-likeness (QED) is 0.569. The van der Waals surface area contributed by atoms with Crippen LogP contribution in [0.3, 0.4) is 0 Å². The molecule has 0 radical (unpaired) electrons. The standard InChI is InChI=1S/C23H27FN4O3S/c1-16-26-21-12-20(6-7-22(21)32-16)31-15-19(29)14-27-8-10-28(11-9-27)23(30)25-13-17-2-4-18(24)5-3-17/h2-7,12,19,29H,8-11,13-15H2,1H3,(H,25,30)/t19-/m1/s1. The highest BCUT2D eigenvalue weighted by Crippen LogP contribution is 2.25. The molecule has 1 atom stereocenters. The van der Waals surface area contributed by atoms with E-state index in [9.17, 15) is 14.3 Å². The zero-order valence-corrected chi connectivity index (χ0v) is 18.8. The van der Waals surface area contributed by atoms with Crippen LogP contribution >= 0.6 is 11.3 Å². The lowest BCUT2D eigenvalue weighted by Crippen LogP contribution is -2.53. The Morgan fingerprint density at radius 1 is 1.22 bits per heavy atom. The summed E-state index contributed by atoms with van der Waals surface area (Å²) in [6, 6.07) is 11.7. The molecule has 1 aliphatic heterocycles. The van der Waals surface area contributed by atoms with E-state index in [1.54, 1.807) is 28.4 Å². The zero-order chi connectivity index (χ0) is 22.5. The van der Waals surface area contributed by atoms with Gasteiger partial charge in [-0.05, 0) is 36.8 Å². The monoisotopic (exact) mass is 458 g/mol. The number of nitrogens with one attached hydrogen (secondary N) is 1. The van der Waals surface area contributed by atoms with Crippen molar-refractivity contribution < 1.29 is 19.0 Å². The fraction of sp³-hybridized carbons (Fsp3) is 0.391. The second-order valence-electron chi connectivity index (χ2n) is 7.90. The molecule has 2 aromatic carbocycles. The highest BCUT2D eigenvalue weighted by molar-refractivity contribution is 7.18. The van der Waals surface area contributed by atoms with Gasteiger partial charge in [0.05, 0.1) is 15.2 Å². The summed E-state index contributed by atoms with van der Waals surface area (Å²) in [5, 5.41) is 14.3. The van der Waals surface area contributed by atoms with Crippen LogP contribution in [0.2, 0.25) is 0 Å². The van der Waals surface area contributed by atoms with Crippen molar-refractivity contribution in [1.29, 1.82) is 0 Å². The molecule has 7 nitrogen and oxygen atoms in total. The van der Waals surface area contributed by atoms with Crippen LogP contribution in [0.25, 0.3) is 10.2 Å². The summed E-state index contributed by atoms with van der Waals surface area (Å²) >= 11 is 1.64. The number of rotatable bonds is 7. The molecule has 170 valence electrons. The van der Waals surface area contributed by atoms with Crippen LogP contribution in [0.15, 0.2) is 42.5 Å². The van der Waals surface area contributed by atoms with Gasteiger partial charge in [-0.25, -0.2) is 14.2 Å². The molecule has 2 amide bonds. The summed E-state index contributed by atoms with van der Waals surface area (Å²) in [6.45, 7) is 5.57. The smallest absolute Gasteiger partial charge is 0.317 e. The summed E-state index contributed by atoms with van der Waals surface area (Å²) in [7, 11) is 0. The number of aromatic nitrogens is 1. The van der Waals surface area contributed by atoms with Gasteiger partial charge in [-0.15, -0.1) is 11.3 Å². The third-order valence-electron chi connectivity index (χ3n) is 5.39. The number of β-amino-alcohol motifs (C(OH)–C–C–N with tert-alkyl or cyclic N) is 1. The van der Waals surface area contributed by atoms with E-state index in [0.29, 0.717) is 45.0 Å². The van der Waals surface area contributed by atoms with Crippen molar-refractivity contribution in [3.63, 3.8) is 0 Å². The Labute approximate surface area is 190 Å².